The van der Waals surface area contributed by atoms with Crippen LogP contribution in [0.2, 0.25) is 5.02 Å². The van der Waals surface area contributed by atoms with Crippen molar-refractivity contribution in [3.8, 4) is 5.75 Å². The predicted octanol–water partition coefficient (Wildman–Crippen LogP) is 3.55. The standard InChI is InChI=1S/C17H27ClN2O/c1-3-8-21-17-5-4-16(18)9-15(17)12-20-7-6-14(10-19)13(2)11-20/h4-5,9,13-14H,3,6-8,10-12,19H2,1-2H3/t13?,14-/m0/s1. The predicted molar refractivity (Wildman–Crippen MR) is 88.8 cm³/mol. The lowest BCUT2D eigenvalue weighted by atomic mass is 9.87. The van der Waals surface area contributed by atoms with Crippen molar-refractivity contribution < 1.29 is 4.74 Å². The van der Waals surface area contributed by atoms with Gasteiger partial charge in [0, 0.05) is 23.7 Å². The van der Waals surface area contributed by atoms with Crippen LogP contribution in [0.5, 0.6) is 5.75 Å². The largest absolute Gasteiger partial charge is 0.493 e. The van der Waals surface area contributed by atoms with E-state index in [-0.39, 0.29) is 0 Å². The second-order valence-corrected chi connectivity index (χ2v) is 6.53. The summed E-state index contributed by atoms with van der Waals surface area (Å²) in [4.78, 5) is 2.49. The summed E-state index contributed by atoms with van der Waals surface area (Å²) in [5, 5.41) is 0.777. The number of piperidine rings is 1. The van der Waals surface area contributed by atoms with Crippen molar-refractivity contribution in [1.29, 1.82) is 0 Å². The number of likely N-dealkylation sites (tertiary alicyclic amines) is 1. The fraction of sp³-hybridized carbons (Fsp3) is 0.647. The Balaban J connectivity index is 2.03. The topological polar surface area (TPSA) is 38.5 Å². The summed E-state index contributed by atoms with van der Waals surface area (Å²) in [5.41, 5.74) is 7.02. The van der Waals surface area contributed by atoms with Gasteiger partial charge in [-0.15, -0.1) is 0 Å². The molecule has 0 bridgehead atoms. The number of nitrogens with two attached hydrogens (primary N) is 1. The quantitative estimate of drug-likeness (QED) is 0.873. The van der Waals surface area contributed by atoms with E-state index in [0.29, 0.717) is 11.8 Å². The molecule has 118 valence electrons. The molecular formula is C17H27ClN2O. The first-order valence-corrected chi connectivity index (χ1v) is 8.35. The van der Waals surface area contributed by atoms with E-state index < -0.39 is 0 Å². The number of benzene rings is 1. The molecule has 1 aromatic carbocycles. The Morgan fingerprint density at radius 2 is 2.24 bits per heavy atom. The minimum Gasteiger partial charge on any atom is -0.493 e. The van der Waals surface area contributed by atoms with Crippen molar-refractivity contribution in [2.24, 2.45) is 17.6 Å². The number of halogens is 1. The van der Waals surface area contributed by atoms with Gasteiger partial charge in [0.1, 0.15) is 5.75 Å². The molecule has 2 rings (SSSR count). The Kier molecular flexibility index (Phi) is 6.34. The second-order valence-electron chi connectivity index (χ2n) is 6.10. The molecule has 1 aromatic rings. The van der Waals surface area contributed by atoms with Gasteiger partial charge in [-0.3, -0.25) is 4.90 Å². The van der Waals surface area contributed by atoms with Crippen molar-refractivity contribution in [3.63, 3.8) is 0 Å². The van der Waals surface area contributed by atoms with Gasteiger partial charge < -0.3 is 10.5 Å². The number of rotatable bonds is 6. The molecule has 1 saturated heterocycles. The molecule has 1 fully saturated rings. The molecule has 21 heavy (non-hydrogen) atoms. The maximum atomic E-state index is 6.15. The van der Waals surface area contributed by atoms with E-state index in [1.54, 1.807) is 0 Å². The molecule has 0 radical (unpaired) electrons. The Morgan fingerprint density at radius 1 is 1.43 bits per heavy atom. The maximum Gasteiger partial charge on any atom is 0.123 e. The van der Waals surface area contributed by atoms with Crippen molar-refractivity contribution >= 4 is 11.6 Å². The van der Waals surface area contributed by atoms with Crippen LogP contribution < -0.4 is 10.5 Å². The smallest absolute Gasteiger partial charge is 0.123 e. The molecule has 0 aromatic heterocycles. The molecule has 4 heteroatoms. The van der Waals surface area contributed by atoms with Crippen LogP contribution >= 0.6 is 11.6 Å². The van der Waals surface area contributed by atoms with Gasteiger partial charge in [-0.2, -0.15) is 0 Å². The molecule has 2 atom stereocenters. The van der Waals surface area contributed by atoms with E-state index in [2.05, 4.69) is 18.7 Å². The highest BCUT2D eigenvalue weighted by Crippen LogP contribution is 2.28. The fourth-order valence-electron chi connectivity index (χ4n) is 3.04. The summed E-state index contributed by atoms with van der Waals surface area (Å²) in [6.07, 6.45) is 2.20. The fourth-order valence-corrected chi connectivity index (χ4v) is 3.23. The highest BCUT2D eigenvalue weighted by molar-refractivity contribution is 6.30. The number of nitrogens with zero attached hydrogens (tertiary/aromatic N) is 1. The minimum atomic E-state index is 0.656. The maximum absolute atomic E-state index is 6.15. The van der Waals surface area contributed by atoms with Crippen LogP contribution in [0.3, 0.4) is 0 Å². The summed E-state index contributed by atoms with van der Waals surface area (Å²) < 4.78 is 5.85. The van der Waals surface area contributed by atoms with Gasteiger partial charge in [0.05, 0.1) is 6.61 Å². The van der Waals surface area contributed by atoms with Gasteiger partial charge in [0.15, 0.2) is 0 Å². The van der Waals surface area contributed by atoms with Crippen molar-refractivity contribution in [2.45, 2.75) is 33.2 Å². The van der Waals surface area contributed by atoms with E-state index in [1.807, 2.05) is 18.2 Å². The summed E-state index contributed by atoms with van der Waals surface area (Å²) in [6, 6.07) is 5.93. The molecule has 1 heterocycles. The molecular weight excluding hydrogens is 284 g/mol. The SMILES string of the molecule is CCCOc1ccc(Cl)cc1CN1CC[C@@H](CN)C(C)C1. The van der Waals surface area contributed by atoms with Crippen LogP contribution in [0, 0.1) is 11.8 Å². The van der Waals surface area contributed by atoms with Crippen LogP contribution in [0.4, 0.5) is 0 Å². The van der Waals surface area contributed by atoms with Crippen LogP contribution in [-0.4, -0.2) is 31.1 Å². The van der Waals surface area contributed by atoms with E-state index in [1.165, 1.54) is 12.0 Å². The van der Waals surface area contributed by atoms with Crippen LogP contribution in [0.25, 0.3) is 0 Å². The highest BCUT2D eigenvalue weighted by atomic mass is 35.5. The van der Waals surface area contributed by atoms with Gasteiger partial charge in [-0.1, -0.05) is 25.4 Å². The van der Waals surface area contributed by atoms with Gasteiger partial charge in [0.2, 0.25) is 0 Å². The lowest BCUT2D eigenvalue weighted by Crippen LogP contribution is -2.41. The van der Waals surface area contributed by atoms with E-state index in [4.69, 9.17) is 22.1 Å². The average Bonchev–Trinajstić information content (AvgIpc) is 2.47. The zero-order valence-corrected chi connectivity index (χ0v) is 13.9. The second kappa shape index (κ2) is 8.02. The zero-order chi connectivity index (χ0) is 15.2. The Morgan fingerprint density at radius 3 is 2.90 bits per heavy atom. The van der Waals surface area contributed by atoms with E-state index >= 15 is 0 Å². The summed E-state index contributed by atoms with van der Waals surface area (Å²) in [5.74, 6) is 2.29. The van der Waals surface area contributed by atoms with Crippen LogP contribution in [0.1, 0.15) is 32.3 Å². The van der Waals surface area contributed by atoms with Crippen LogP contribution in [0.15, 0.2) is 18.2 Å². The third-order valence-electron chi connectivity index (χ3n) is 4.35. The normalized spacial score (nSPS) is 23.2. The third-order valence-corrected chi connectivity index (χ3v) is 4.58. The Labute approximate surface area is 133 Å². The highest BCUT2D eigenvalue weighted by Gasteiger charge is 2.25. The van der Waals surface area contributed by atoms with Crippen molar-refractivity contribution in [1.82, 2.24) is 4.90 Å². The first-order valence-electron chi connectivity index (χ1n) is 7.97. The van der Waals surface area contributed by atoms with Crippen molar-refractivity contribution in [3.05, 3.63) is 28.8 Å². The zero-order valence-electron chi connectivity index (χ0n) is 13.1. The molecule has 2 N–H and O–H groups in total. The minimum absolute atomic E-state index is 0.656. The van der Waals surface area contributed by atoms with Gasteiger partial charge >= 0.3 is 0 Å². The Bertz CT molecular complexity index is 452. The van der Waals surface area contributed by atoms with E-state index in [0.717, 1.165) is 50.0 Å². The van der Waals surface area contributed by atoms with E-state index in [9.17, 15) is 0 Å². The molecule has 0 amide bonds. The number of hydrogen-bond donors (Lipinski definition) is 1. The molecule has 1 unspecified atom stereocenters. The summed E-state index contributed by atoms with van der Waals surface area (Å²) >= 11 is 6.15. The summed E-state index contributed by atoms with van der Waals surface area (Å²) in [6.45, 7) is 9.08. The Hall–Kier alpha value is -0.770. The molecule has 1 aliphatic heterocycles. The third kappa shape index (κ3) is 4.60. The molecule has 0 aliphatic carbocycles. The molecule has 0 saturated carbocycles. The van der Waals surface area contributed by atoms with Crippen LogP contribution in [-0.2, 0) is 6.54 Å². The first kappa shape index (κ1) is 16.6. The first-order chi connectivity index (χ1) is 10.1. The lowest BCUT2D eigenvalue weighted by Gasteiger charge is -2.36. The number of hydrogen-bond acceptors (Lipinski definition) is 3. The molecule has 0 spiro atoms. The van der Waals surface area contributed by atoms with Gasteiger partial charge in [0.25, 0.3) is 0 Å². The summed E-state index contributed by atoms with van der Waals surface area (Å²) in [7, 11) is 0. The molecule has 1 aliphatic rings. The molecule has 3 nitrogen and oxygen atoms in total. The average molecular weight is 311 g/mol. The number of ether oxygens (including phenoxy) is 1. The monoisotopic (exact) mass is 310 g/mol. The van der Waals surface area contributed by atoms with Gasteiger partial charge in [-0.25, -0.2) is 0 Å². The van der Waals surface area contributed by atoms with Crippen molar-refractivity contribution in [2.75, 3.05) is 26.2 Å². The lowest BCUT2D eigenvalue weighted by molar-refractivity contribution is 0.125. The van der Waals surface area contributed by atoms with Gasteiger partial charge in [-0.05, 0) is 56.0 Å².